The van der Waals surface area contributed by atoms with Gasteiger partial charge in [-0.2, -0.15) is 0 Å². The number of fused-ring (bicyclic) bond motifs is 1. The zero-order chi connectivity index (χ0) is 21.8. The fraction of sp³-hybridized carbons (Fsp3) is 0.600. The molecule has 2 heterocycles. The summed E-state index contributed by atoms with van der Waals surface area (Å²) >= 11 is 0. The number of amides is 2. The number of benzene rings is 1. The molecule has 0 aromatic heterocycles. The van der Waals surface area contributed by atoms with Crippen molar-refractivity contribution in [3.05, 3.63) is 29.3 Å². The molecule has 0 spiro atoms. The van der Waals surface area contributed by atoms with Gasteiger partial charge in [0.25, 0.3) is 0 Å². The number of hydrogen-bond acceptors (Lipinski definition) is 4. The van der Waals surface area contributed by atoms with Gasteiger partial charge in [0.05, 0.1) is 6.61 Å². The summed E-state index contributed by atoms with van der Waals surface area (Å²) in [6.07, 6.45) is 10.0. The number of hydrogen-bond donors (Lipinski definition) is 0. The van der Waals surface area contributed by atoms with E-state index in [1.54, 1.807) is 6.08 Å². The second-order valence-electron chi connectivity index (χ2n) is 8.96. The third-order valence-electron chi connectivity index (χ3n) is 6.62. The Hall–Kier alpha value is -2.50. The fourth-order valence-corrected chi connectivity index (χ4v) is 4.90. The third-order valence-corrected chi connectivity index (χ3v) is 6.62. The maximum atomic E-state index is 12.7. The van der Waals surface area contributed by atoms with Gasteiger partial charge < -0.3 is 19.3 Å². The Kier molecular flexibility index (Phi) is 6.83. The van der Waals surface area contributed by atoms with Gasteiger partial charge in [-0.1, -0.05) is 12.8 Å². The first-order valence-corrected chi connectivity index (χ1v) is 11.7. The lowest BCUT2D eigenvalue weighted by atomic mass is 10.0. The molecule has 2 aliphatic heterocycles. The average Bonchev–Trinajstić information content (AvgIpc) is 3.40. The molecule has 6 nitrogen and oxygen atoms in total. The molecule has 1 aromatic carbocycles. The summed E-state index contributed by atoms with van der Waals surface area (Å²) in [7, 11) is 0. The topological polar surface area (TPSA) is 59.1 Å². The van der Waals surface area contributed by atoms with E-state index < -0.39 is 0 Å². The van der Waals surface area contributed by atoms with Crippen LogP contribution in [0.1, 0.15) is 57.1 Å². The highest BCUT2D eigenvalue weighted by atomic mass is 16.5. The van der Waals surface area contributed by atoms with Gasteiger partial charge in [-0.05, 0) is 50.8 Å². The number of ether oxygens (including phenoxy) is 2. The van der Waals surface area contributed by atoms with Gasteiger partial charge >= 0.3 is 0 Å². The normalized spacial score (nSPS) is 21.4. The number of rotatable bonds is 6. The first-order chi connectivity index (χ1) is 15.0. The second kappa shape index (κ2) is 9.75. The minimum atomic E-state index is -0.0277. The molecule has 31 heavy (non-hydrogen) atoms. The molecule has 3 aliphatic rings. The molecule has 1 aromatic rings. The molecule has 6 heteroatoms. The van der Waals surface area contributed by atoms with Gasteiger partial charge in [0, 0.05) is 56.2 Å². The van der Waals surface area contributed by atoms with E-state index in [1.807, 2.05) is 34.9 Å². The summed E-state index contributed by atoms with van der Waals surface area (Å²) in [5.74, 6) is 2.44. The SMILES string of the molecule is CCOc1cc2c(cc1/C=C/C(=O)N1CCN(C(=O)CC3CCCC3)CC1)OC(C)C2. The van der Waals surface area contributed by atoms with Crippen molar-refractivity contribution < 1.29 is 19.1 Å². The Morgan fingerprint density at radius 3 is 2.55 bits per heavy atom. The summed E-state index contributed by atoms with van der Waals surface area (Å²) in [6.45, 7) is 7.00. The molecule has 2 amide bonds. The van der Waals surface area contributed by atoms with Crippen LogP contribution in [0.15, 0.2) is 18.2 Å². The van der Waals surface area contributed by atoms with Crippen LogP contribution in [0.2, 0.25) is 0 Å². The van der Waals surface area contributed by atoms with Gasteiger partial charge in [0.15, 0.2) is 0 Å². The molecular weight excluding hydrogens is 392 g/mol. The lowest BCUT2D eigenvalue weighted by Gasteiger charge is -2.34. The van der Waals surface area contributed by atoms with Crippen LogP contribution in [0, 0.1) is 5.92 Å². The Morgan fingerprint density at radius 1 is 1.13 bits per heavy atom. The van der Waals surface area contributed by atoms with Gasteiger partial charge in [-0.15, -0.1) is 0 Å². The average molecular weight is 427 g/mol. The second-order valence-corrected chi connectivity index (χ2v) is 8.96. The van der Waals surface area contributed by atoms with E-state index in [-0.39, 0.29) is 17.9 Å². The standard InChI is InChI=1S/C25H34N2O4/c1-3-30-22-17-21-14-18(2)31-23(21)16-20(22)8-9-24(28)26-10-12-27(13-11-26)25(29)15-19-6-4-5-7-19/h8-9,16-19H,3-7,10-15H2,1-2H3/b9-8+. The minimum absolute atomic E-state index is 0.0277. The molecule has 0 bridgehead atoms. The zero-order valence-electron chi connectivity index (χ0n) is 18.8. The Morgan fingerprint density at radius 2 is 1.84 bits per heavy atom. The van der Waals surface area contributed by atoms with Crippen LogP contribution < -0.4 is 9.47 Å². The van der Waals surface area contributed by atoms with Gasteiger partial charge in [0.1, 0.15) is 17.6 Å². The summed E-state index contributed by atoms with van der Waals surface area (Å²) in [5.41, 5.74) is 2.01. The number of piperazine rings is 1. The maximum Gasteiger partial charge on any atom is 0.246 e. The van der Waals surface area contributed by atoms with E-state index in [0.717, 1.165) is 29.0 Å². The van der Waals surface area contributed by atoms with Crippen molar-refractivity contribution in [2.24, 2.45) is 5.92 Å². The van der Waals surface area contributed by atoms with Crippen molar-refractivity contribution in [3.8, 4) is 11.5 Å². The highest BCUT2D eigenvalue weighted by Crippen LogP contribution is 2.35. The molecule has 1 aliphatic carbocycles. The molecule has 1 atom stereocenters. The lowest BCUT2D eigenvalue weighted by Crippen LogP contribution is -2.50. The van der Waals surface area contributed by atoms with Gasteiger partial charge in [-0.25, -0.2) is 0 Å². The molecule has 4 rings (SSSR count). The predicted octanol–water partition coefficient (Wildman–Crippen LogP) is 3.67. The first-order valence-electron chi connectivity index (χ1n) is 11.7. The summed E-state index contributed by atoms with van der Waals surface area (Å²) < 4.78 is 11.7. The van der Waals surface area contributed by atoms with Crippen molar-refractivity contribution in [2.75, 3.05) is 32.8 Å². The quantitative estimate of drug-likeness (QED) is 0.651. The predicted molar refractivity (Wildman–Crippen MR) is 120 cm³/mol. The molecule has 0 radical (unpaired) electrons. The summed E-state index contributed by atoms with van der Waals surface area (Å²) in [5, 5.41) is 0. The Labute approximate surface area is 185 Å². The van der Waals surface area contributed by atoms with Crippen LogP contribution in [-0.2, 0) is 16.0 Å². The number of nitrogens with zero attached hydrogens (tertiary/aromatic N) is 2. The monoisotopic (exact) mass is 426 g/mol. The van der Waals surface area contributed by atoms with Crippen LogP contribution in [0.5, 0.6) is 11.5 Å². The van der Waals surface area contributed by atoms with Crippen LogP contribution in [0.25, 0.3) is 6.08 Å². The molecule has 1 saturated carbocycles. The fourth-order valence-electron chi connectivity index (χ4n) is 4.90. The smallest absolute Gasteiger partial charge is 0.246 e. The van der Waals surface area contributed by atoms with Crippen molar-refractivity contribution in [1.82, 2.24) is 9.80 Å². The first kappa shape index (κ1) is 21.7. The van der Waals surface area contributed by atoms with Crippen LogP contribution in [-0.4, -0.2) is 60.5 Å². The number of carbonyl (C=O) groups is 2. The molecule has 0 N–H and O–H groups in total. The van der Waals surface area contributed by atoms with Crippen molar-refractivity contribution in [1.29, 1.82) is 0 Å². The molecular formula is C25H34N2O4. The maximum absolute atomic E-state index is 12.7. The minimum Gasteiger partial charge on any atom is -0.493 e. The zero-order valence-corrected chi connectivity index (χ0v) is 18.8. The van der Waals surface area contributed by atoms with Crippen LogP contribution >= 0.6 is 0 Å². The van der Waals surface area contributed by atoms with E-state index >= 15 is 0 Å². The summed E-state index contributed by atoms with van der Waals surface area (Å²) in [6, 6.07) is 3.99. The van der Waals surface area contributed by atoms with Crippen molar-refractivity contribution in [2.45, 2.75) is 58.5 Å². The molecule has 1 unspecified atom stereocenters. The van der Waals surface area contributed by atoms with E-state index in [9.17, 15) is 9.59 Å². The Balaban J connectivity index is 1.33. The van der Waals surface area contributed by atoms with E-state index in [2.05, 4.69) is 6.92 Å². The van der Waals surface area contributed by atoms with Crippen LogP contribution in [0.3, 0.4) is 0 Å². The van der Waals surface area contributed by atoms with Crippen molar-refractivity contribution in [3.63, 3.8) is 0 Å². The third kappa shape index (κ3) is 5.23. The van der Waals surface area contributed by atoms with Gasteiger partial charge in [-0.3, -0.25) is 9.59 Å². The molecule has 168 valence electrons. The van der Waals surface area contributed by atoms with Gasteiger partial charge in [0.2, 0.25) is 11.8 Å². The highest BCUT2D eigenvalue weighted by Gasteiger charge is 2.26. The number of carbonyl (C=O) groups excluding carboxylic acids is 2. The Bertz CT molecular complexity index is 836. The molecule has 2 fully saturated rings. The highest BCUT2D eigenvalue weighted by molar-refractivity contribution is 5.92. The van der Waals surface area contributed by atoms with E-state index in [1.165, 1.54) is 25.7 Å². The van der Waals surface area contributed by atoms with Crippen molar-refractivity contribution >= 4 is 17.9 Å². The largest absolute Gasteiger partial charge is 0.493 e. The van der Waals surface area contributed by atoms with E-state index in [0.29, 0.717) is 45.1 Å². The molecule has 1 saturated heterocycles. The van der Waals surface area contributed by atoms with E-state index in [4.69, 9.17) is 9.47 Å². The summed E-state index contributed by atoms with van der Waals surface area (Å²) in [4.78, 5) is 29.0. The lowest BCUT2D eigenvalue weighted by molar-refractivity contribution is -0.137. The van der Waals surface area contributed by atoms with Crippen LogP contribution in [0.4, 0.5) is 0 Å².